The minimum atomic E-state index is -0.428. The van der Waals surface area contributed by atoms with Crippen LogP contribution in [0, 0.1) is 0 Å². The summed E-state index contributed by atoms with van der Waals surface area (Å²) in [6.45, 7) is 3.61. The highest BCUT2D eigenvalue weighted by Gasteiger charge is 2.07. The molecule has 7 nitrogen and oxygen atoms in total. The van der Waals surface area contributed by atoms with Crippen LogP contribution in [0.1, 0.15) is 24.2 Å². The Kier molecular flexibility index (Phi) is 7.97. The van der Waals surface area contributed by atoms with E-state index in [1.54, 1.807) is 62.6 Å². The number of methoxy groups -OCH3 is 1. The highest BCUT2D eigenvalue weighted by molar-refractivity contribution is 6.06. The molecule has 2 aromatic rings. The van der Waals surface area contributed by atoms with Crippen LogP contribution in [0.2, 0.25) is 0 Å². The average molecular weight is 396 g/mol. The summed E-state index contributed by atoms with van der Waals surface area (Å²) in [5.41, 5.74) is 1.37. The summed E-state index contributed by atoms with van der Waals surface area (Å²) in [5.74, 6) is 0.571. The van der Waals surface area contributed by atoms with Crippen LogP contribution in [-0.2, 0) is 9.59 Å². The van der Waals surface area contributed by atoms with Crippen molar-refractivity contribution in [2.45, 2.75) is 13.8 Å². The maximum Gasteiger partial charge on any atom is 0.248 e. The van der Waals surface area contributed by atoms with E-state index in [0.717, 1.165) is 5.75 Å². The topological polar surface area (TPSA) is 93.7 Å². The van der Waals surface area contributed by atoms with Gasteiger partial charge in [-0.05, 0) is 62.4 Å². The normalized spacial score (nSPS) is 10.8. The second kappa shape index (κ2) is 10.7. The Morgan fingerprint density at radius 2 is 1.55 bits per heavy atom. The maximum absolute atomic E-state index is 12.1. The molecule has 2 N–H and O–H groups in total. The molecule has 0 unspecified atom stereocenters. The average Bonchev–Trinajstić information content (AvgIpc) is 2.71. The summed E-state index contributed by atoms with van der Waals surface area (Å²) in [6.07, 6.45) is 1.22. The molecular formula is C22H24N2O5. The number of hydrogen-bond donors (Lipinski definition) is 2. The third-order valence-electron chi connectivity index (χ3n) is 3.98. The first-order valence-electron chi connectivity index (χ1n) is 9.04. The van der Waals surface area contributed by atoms with E-state index in [1.165, 1.54) is 13.0 Å². The lowest BCUT2D eigenvalue weighted by atomic mass is 10.1. The lowest BCUT2D eigenvalue weighted by Crippen LogP contribution is -2.29. The van der Waals surface area contributed by atoms with Crippen LogP contribution in [0.3, 0.4) is 0 Å². The number of rotatable bonds is 9. The molecular weight excluding hydrogens is 372 g/mol. The zero-order valence-electron chi connectivity index (χ0n) is 16.7. The monoisotopic (exact) mass is 396 g/mol. The molecule has 0 aliphatic carbocycles. The second-order valence-corrected chi connectivity index (χ2v) is 6.23. The van der Waals surface area contributed by atoms with Crippen LogP contribution in [0.15, 0.2) is 60.2 Å². The fourth-order valence-electron chi connectivity index (χ4n) is 2.37. The van der Waals surface area contributed by atoms with Crippen molar-refractivity contribution in [3.63, 3.8) is 0 Å². The van der Waals surface area contributed by atoms with Crippen LogP contribution >= 0.6 is 0 Å². The van der Waals surface area contributed by atoms with Crippen molar-refractivity contribution in [1.82, 2.24) is 5.32 Å². The number of carbonyl (C=O) groups is 3. The van der Waals surface area contributed by atoms with Crippen LogP contribution in [0.25, 0.3) is 0 Å². The van der Waals surface area contributed by atoms with Crippen molar-refractivity contribution in [3.8, 4) is 11.5 Å². The molecule has 2 rings (SSSR count). The highest BCUT2D eigenvalue weighted by Crippen LogP contribution is 2.16. The number of benzene rings is 2. The SMILES string of the molecule is COc1ccc(OCCNC(=O)/C(C)=C/C(=O)Nc2ccc(C(C)=O)cc2)cc1. The number of amides is 2. The summed E-state index contributed by atoms with van der Waals surface area (Å²) in [4.78, 5) is 35.4. The molecule has 0 fully saturated rings. The van der Waals surface area contributed by atoms with E-state index in [9.17, 15) is 14.4 Å². The van der Waals surface area contributed by atoms with Gasteiger partial charge in [0.2, 0.25) is 11.8 Å². The molecule has 0 aromatic heterocycles. The van der Waals surface area contributed by atoms with Gasteiger partial charge in [-0.15, -0.1) is 0 Å². The molecule has 2 aromatic carbocycles. The second-order valence-electron chi connectivity index (χ2n) is 6.23. The van der Waals surface area contributed by atoms with E-state index in [0.29, 0.717) is 30.2 Å². The zero-order chi connectivity index (χ0) is 21.2. The van der Waals surface area contributed by atoms with Gasteiger partial charge in [0.25, 0.3) is 0 Å². The fraction of sp³-hybridized carbons (Fsp3) is 0.227. The van der Waals surface area contributed by atoms with Crippen molar-refractivity contribution in [3.05, 3.63) is 65.7 Å². The standard InChI is InChI=1S/C22H24N2O5/c1-15(14-21(26)24-18-6-4-17(5-7-18)16(2)25)22(27)23-12-13-29-20-10-8-19(28-3)9-11-20/h4-11,14H,12-13H2,1-3H3,(H,23,27)(H,24,26)/b15-14+. The van der Waals surface area contributed by atoms with Gasteiger partial charge in [0.1, 0.15) is 18.1 Å². The van der Waals surface area contributed by atoms with Crippen LogP contribution < -0.4 is 20.1 Å². The number of Topliss-reactive ketones (excluding diaryl/α,β-unsaturated/α-hetero) is 1. The van der Waals surface area contributed by atoms with Crippen molar-refractivity contribution in [2.75, 3.05) is 25.6 Å². The van der Waals surface area contributed by atoms with Gasteiger partial charge in [0.05, 0.1) is 13.7 Å². The van der Waals surface area contributed by atoms with Crippen LogP contribution in [-0.4, -0.2) is 37.9 Å². The Bertz CT molecular complexity index is 886. The number of nitrogens with one attached hydrogen (secondary N) is 2. The van der Waals surface area contributed by atoms with Gasteiger partial charge in [-0.1, -0.05) is 0 Å². The third kappa shape index (κ3) is 7.14. The molecule has 29 heavy (non-hydrogen) atoms. The first kappa shape index (κ1) is 21.7. The smallest absolute Gasteiger partial charge is 0.248 e. The summed E-state index contributed by atoms with van der Waals surface area (Å²) < 4.78 is 10.6. The Morgan fingerprint density at radius 1 is 0.931 bits per heavy atom. The molecule has 0 aliphatic rings. The molecule has 7 heteroatoms. The first-order chi connectivity index (χ1) is 13.9. The van der Waals surface area contributed by atoms with Gasteiger partial charge < -0.3 is 20.1 Å². The van der Waals surface area contributed by atoms with Crippen LogP contribution in [0.4, 0.5) is 5.69 Å². The predicted octanol–water partition coefficient (Wildman–Crippen LogP) is 2.98. The molecule has 0 radical (unpaired) electrons. The number of hydrogen-bond acceptors (Lipinski definition) is 5. The molecule has 0 heterocycles. The highest BCUT2D eigenvalue weighted by atomic mass is 16.5. The number of ketones is 1. The number of carbonyl (C=O) groups excluding carboxylic acids is 3. The van der Waals surface area contributed by atoms with Crippen molar-refractivity contribution in [1.29, 1.82) is 0 Å². The summed E-state index contributed by atoms with van der Waals surface area (Å²) in [6, 6.07) is 13.6. The Hall–Kier alpha value is -3.61. The van der Waals surface area contributed by atoms with E-state index in [-0.39, 0.29) is 17.3 Å². The predicted molar refractivity (Wildman–Crippen MR) is 110 cm³/mol. The minimum Gasteiger partial charge on any atom is -0.497 e. The van der Waals surface area contributed by atoms with E-state index in [1.807, 2.05) is 0 Å². The lowest BCUT2D eigenvalue weighted by molar-refractivity contribution is -0.118. The van der Waals surface area contributed by atoms with Gasteiger partial charge >= 0.3 is 0 Å². The van der Waals surface area contributed by atoms with Gasteiger partial charge in [0.15, 0.2) is 5.78 Å². The Balaban J connectivity index is 1.76. The Labute approximate surface area is 169 Å². The van der Waals surface area contributed by atoms with Gasteiger partial charge in [-0.25, -0.2) is 0 Å². The van der Waals surface area contributed by atoms with Crippen LogP contribution in [0.5, 0.6) is 11.5 Å². The maximum atomic E-state index is 12.1. The molecule has 0 saturated heterocycles. The molecule has 0 saturated carbocycles. The molecule has 2 amide bonds. The van der Waals surface area contributed by atoms with E-state index >= 15 is 0 Å². The molecule has 152 valence electrons. The largest absolute Gasteiger partial charge is 0.497 e. The van der Waals surface area contributed by atoms with Crippen molar-refractivity contribution >= 4 is 23.3 Å². The van der Waals surface area contributed by atoms with Gasteiger partial charge in [0, 0.05) is 22.9 Å². The van der Waals surface area contributed by atoms with Gasteiger partial charge in [-0.2, -0.15) is 0 Å². The van der Waals surface area contributed by atoms with E-state index < -0.39 is 5.91 Å². The summed E-state index contributed by atoms with van der Waals surface area (Å²) in [7, 11) is 1.59. The minimum absolute atomic E-state index is 0.0498. The lowest BCUT2D eigenvalue weighted by Gasteiger charge is -2.09. The van der Waals surface area contributed by atoms with Gasteiger partial charge in [-0.3, -0.25) is 14.4 Å². The van der Waals surface area contributed by atoms with Crippen molar-refractivity contribution in [2.24, 2.45) is 0 Å². The fourth-order valence-corrected chi connectivity index (χ4v) is 2.37. The number of anilines is 1. The number of ether oxygens (including phenoxy) is 2. The molecule has 0 bridgehead atoms. The molecule has 0 spiro atoms. The first-order valence-corrected chi connectivity index (χ1v) is 9.04. The summed E-state index contributed by atoms with van der Waals surface area (Å²) in [5, 5.41) is 5.34. The molecule has 0 aliphatic heterocycles. The molecule has 0 atom stereocenters. The third-order valence-corrected chi connectivity index (χ3v) is 3.98. The van der Waals surface area contributed by atoms with E-state index in [2.05, 4.69) is 10.6 Å². The quantitative estimate of drug-likeness (QED) is 0.386. The Morgan fingerprint density at radius 3 is 2.14 bits per heavy atom. The van der Waals surface area contributed by atoms with E-state index in [4.69, 9.17) is 9.47 Å². The summed E-state index contributed by atoms with van der Waals surface area (Å²) >= 11 is 0. The van der Waals surface area contributed by atoms with Crippen molar-refractivity contribution < 1.29 is 23.9 Å². The zero-order valence-corrected chi connectivity index (χ0v) is 16.7.